The molecule has 0 saturated heterocycles. The summed E-state index contributed by atoms with van der Waals surface area (Å²) >= 11 is 0. The van der Waals surface area contributed by atoms with Crippen molar-refractivity contribution in [1.29, 1.82) is 0 Å². The molecule has 0 aliphatic heterocycles. The Labute approximate surface area is 123 Å². The Morgan fingerprint density at radius 1 is 1.00 bits per heavy atom. The van der Waals surface area contributed by atoms with Crippen molar-refractivity contribution in [2.45, 2.75) is 13.3 Å². The molecule has 1 heterocycles. The molecule has 3 aromatic rings. The molecule has 0 atom stereocenters. The fourth-order valence-electron chi connectivity index (χ4n) is 2.30. The van der Waals surface area contributed by atoms with Gasteiger partial charge in [-0.2, -0.15) is 0 Å². The molecule has 0 amide bonds. The molecule has 0 fully saturated rings. The van der Waals surface area contributed by atoms with Gasteiger partial charge in [-0.05, 0) is 42.3 Å². The maximum absolute atomic E-state index is 5.81. The molecule has 0 bridgehead atoms. The van der Waals surface area contributed by atoms with Crippen molar-refractivity contribution >= 4 is 11.1 Å². The molecule has 21 heavy (non-hydrogen) atoms. The first-order valence-electron chi connectivity index (χ1n) is 6.76. The van der Waals surface area contributed by atoms with Crippen molar-refractivity contribution in [3.8, 4) is 11.5 Å². The van der Waals surface area contributed by atoms with E-state index in [1.54, 1.807) is 14.2 Å². The van der Waals surface area contributed by atoms with Gasteiger partial charge < -0.3 is 13.9 Å². The van der Waals surface area contributed by atoms with Gasteiger partial charge in [0.25, 0.3) is 0 Å². The van der Waals surface area contributed by atoms with Crippen LogP contribution in [0.25, 0.3) is 11.1 Å². The van der Waals surface area contributed by atoms with Crippen LogP contribution >= 0.6 is 0 Å². The minimum Gasteiger partial charge on any atom is -0.497 e. The van der Waals surface area contributed by atoms with Crippen LogP contribution < -0.4 is 9.47 Å². The number of benzene rings is 2. The third kappa shape index (κ3) is 2.84. The standard InChI is InChI=1S/C17H17NO3/c1-11-4-5-15-16(6-11)21-17(18-15)9-12-7-13(19-2)10-14(8-12)20-3/h4-8,10H,9H2,1-3H3. The van der Waals surface area contributed by atoms with Gasteiger partial charge in [-0.1, -0.05) is 6.07 Å². The van der Waals surface area contributed by atoms with E-state index < -0.39 is 0 Å². The number of oxazole rings is 1. The van der Waals surface area contributed by atoms with E-state index in [0.29, 0.717) is 12.3 Å². The largest absolute Gasteiger partial charge is 0.497 e. The smallest absolute Gasteiger partial charge is 0.199 e. The predicted octanol–water partition coefficient (Wildman–Crippen LogP) is 3.74. The van der Waals surface area contributed by atoms with Crippen LogP contribution in [0.2, 0.25) is 0 Å². The highest BCUT2D eigenvalue weighted by Gasteiger charge is 2.09. The zero-order chi connectivity index (χ0) is 14.8. The van der Waals surface area contributed by atoms with Gasteiger partial charge in [0.15, 0.2) is 11.5 Å². The average molecular weight is 283 g/mol. The van der Waals surface area contributed by atoms with Crippen LogP contribution in [0.15, 0.2) is 40.8 Å². The second-order valence-corrected chi connectivity index (χ2v) is 4.98. The molecule has 0 radical (unpaired) electrons. The lowest BCUT2D eigenvalue weighted by Gasteiger charge is -2.07. The van der Waals surface area contributed by atoms with Gasteiger partial charge >= 0.3 is 0 Å². The van der Waals surface area contributed by atoms with Gasteiger partial charge in [0.1, 0.15) is 17.0 Å². The van der Waals surface area contributed by atoms with E-state index in [4.69, 9.17) is 13.9 Å². The molecule has 108 valence electrons. The highest BCUT2D eigenvalue weighted by atomic mass is 16.5. The summed E-state index contributed by atoms with van der Waals surface area (Å²) in [7, 11) is 3.28. The monoisotopic (exact) mass is 283 g/mol. The topological polar surface area (TPSA) is 44.5 Å². The van der Waals surface area contributed by atoms with E-state index in [9.17, 15) is 0 Å². The van der Waals surface area contributed by atoms with Gasteiger partial charge in [-0.15, -0.1) is 0 Å². The summed E-state index contributed by atoms with van der Waals surface area (Å²) in [5, 5.41) is 0. The lowest BCUT2D eigenvalue weighted by atomic mass is 10.1. The van der Waals surface area contributed by atoms with E-state index in [-0.39, 0.29) is 0 Å². The Morgan fingerprint density at radius 3 is 2.38 bits per heavy atom. The molecule has 2 aromatic carbocycles. The molecule has 3 rings (SSSR count). The van der Waals surface area contributed by atoms with Crippen molar-refractivity contribution in [3.05, 3.63) is 53.4 Å². The zero-order valence-electron chi connectivity index (χ0n) is 12.3. The molecule has 1 aromatic heterocycles. The highest BCUT2D eigenvalue weighted by molar-refractivity contribution is 5.73. The quantitative estimate of drug-likeness (QED) is 0.731. The van der Waals surface area contributed by atoms with Gasteiger partial charge in [0.2, 0.25) is 0 Å². The number of ether oxygens (including phenoxy) is 2. The van der Waals surface area contributed by atoms with Crippen LogP contribution in [0.4, 0.5) is 0 Å². The fourth-order valence-corrected chi connectivity index (χ4v) is 2.30. The summed E-state index contributed by atoms with van der Waals surface area (Å²) in [4.78, 5) is 4.51. The summed E-state index contributed by atoms with van der Waals surface area (Å²) in [6.45, 7) is 2.04. The first kappa shape index (κ1) is 13.5. The van der Waals surface area contributed by atoms with E-state index in [2.05, 4.69) is 4.98 Å². The highest BCUT2D eigenvalue weighted by Crippen LogP contribution is 2.25. The molecule has 4 heteroatoms. The van der Waals surface area contributed by atoms with Crippen molar-refractivity contribution in [3.63, 3.8) is 0 Å². The van der Waals surface area contributed by atoms with Crippen LogP contribution in [0.1, 0.15) is 17.0 Å². The van der Waals surface area contributed by atoms with E-state index in [1.807, 2.05) is 43.3 Å². The summed E-state index contributed by atoms with van der Waals surface area (Å²) in [5.41, 5.74) is 3.90. The zero-order valence-corrected chi connectivity index (χ0v) is 12.3. The molecule has 0 saturated carbocycles. The molecular formula is C17H17NO3. The lowest BCUT2D eigenvalue weighted by molar-refractivity contribution is 0.393. The Balaban J connectivity index is 1.94. The van der Waals surface area contributed by atoms with Crippen molar-refractivity contribution in [1.82, 2.24) is 4.98 Å². The number of fused-ring (bicyclic) bond motifs is 1. The molecular weight excluding hydrogens is 266 g/mol. The van der Waals surface area contributed by atoms with Gasteiger partial charge in [-0.3, -0.25) is 0 Å². The van der Waals surface area contributed by atoms with E-state index in [1.165, 1.54) is 0 Å². The Hall–Kier alpha value is -2.49. The normalized spacial score (nSPS) is 10.8. The Morgan fingerprint density at radius 2 is 1.71 bits per heavy atom. The van der Waals surface area contributed by atoms with Gasteiger partial charge in [0, 0.05) is 12.5 Å². The second kappa shape index (κ2) is 5.48. The summed E-state index contributed by atoms with van der Waals surface area (Å²) in [5.74, 6) is 2.21. The van der Waals surface area contributed by atoms with Crippen molar-refractivity contribution < 1.29 is 13.9 Å². The lowest BCUT2D eigenvalue weighted by Crippen LogP contribution is -1.93. The predicted molar refractivity (Wildman–Crippen MR) is 81.1 cm³/mol. The molecule has 0 unspecified atom stereocenters. The number of hydrogen-bond acceptors (Lipinski definition) is 4. The fraction of sp³-hybridized carbons (Fsp3) is 0.235. The first-order chi connectivity index (χ1) is 10.2. The number of hydrogen-bond donors (Lipinski definition) is 0. The minimum atomic E-state index is 0.598. The second-order valence-electron chi connectivity index (χ2n) is 4.98. The maximum Gasteiger partial charge on any atom is 0.199 e. The number of methoxy groups -OCH3 is 2. The van der Waals surface area contributed by atoms with Gasteiger partial charge in [0.05, 0.1) is 14.2 Å². The number of rotatable bonds is 4. The molecule has 0 spiro atoms. The first-order valence-corrected chi connectivity index (χ1v) is 6.76. The summed E-state index contributed by atoms with van der Waals surface area (Å²) in [6, 6.07) is 11.8. The summed E-state index contributed by atoms with van der Waals surface area (Å²) in [6.07, 6.45) is 0.598. The average Bonchev–Trinajstić information content (AvgIpc) is 2.87. The van der Waals surface area contributed by atoms with E-state index in [0.717, 1.165) is 33.7 Å². The molecule has 0 aliphatic carbocycles. The van der Waals surface area contributed by atoms with Crippen molar-refractivity contribution in [2.24, 2.45) is 0 Å². The Bertz CT molecular complexity index is 755. The molecule has 4 nitrogen and oxygen atoms in total. The van der Waals surface area contributed by atoms with Gasteiger partial charge in [-0.25, -0.2) is 4.98 Å². The Kier molecular flexibility index (Phi) is 3.52. The number of aryl methyl sites for hydroxylation is 1. The number of aromatic nitrogens is 1. The van der Waals surface area contributed by atoms with Crippen LogP contribution in [0.5, 0.6) is 11.5 Å². The van der Waals surface area contributed by atoms with Crippen LogP contribution in [-0.2, 0) is 6.42 Å². The third-order valence-corrected chi connectivity index (χ3v) is 3.35. The van der Waals surface area contributed by atoms with Crippen LogP contribution in [0.3, 0.4) is 0 Å². The molecule has 0 N–H and O–H groups in total. The molecule has 0 aliphatic rings. The maximum atomic E-state index is 5.81. The number of nitrogens with zero attached hydrogens (tertiary/aromatic N) is 1. The summed E-state index contributed by atoms with van der Waals surface area (Å²) < 4.78 is 16.4. The third-order valence-electron chi connectivity index (χ3n) is 3.35. The SMILES string of the molecule is COc1cc(Cc2nc3ccc(C)cc3o2)cc(OC)c1. The van der Waals surface area contributed by atoms with Crippen molar-refractivity contribution in [2.75, 3.05) is 14.2 Å². The van der Waals surface area contributed by atoms with E-state index >= 15 is 0 Å². The van der Waals surface area contributed by atoms with Crippen LogP contribution in [-0.4, -0.2) is 19.2 Å². The van der Waals surface area contributed by atoms with Crippen LogP contribution in [0, 0.1) is 6.92 Å². The minimum absolute atomic E-state index is 0.598.